The third kappa shape index (κ3) is 6.62. The van der Waals surface area contributed by atoms with Gasteiger partial charge in [-0.25, -0.2) is 9.36 Å². The van der Waals surface area contributed by atoms with Crippen LogP contribution in [0, 0.1) is 0 Å². The van der Waals surface area contributed by atoms with E-state index in [0.29, 0.717) is 17.4 Å². The highest BCUT2D eigenvalue weighted by molar-refractivity contribution is 7.48. The SMILES string of the molecule is O=C(O)c1c(Cc2ccccc2)cc2ccccc2c1OP(=O)(OCc1ccccc1)OCc1ccccc1. The lowest BCUT2D eigenvalue weighted by Crippen LogP contribution is -2.10. The van der Waals surface area contributed by atoms with Crippen molar-refractivity contribution in [2.24, 2.45) is 0 Å². The lowest BCUT2D eigenvalue weighted by molar-refractivity contribution is 0.0693. The molecule has 0 atom stereocenters. The predicted molar refractivity (Wildman–Crippen MR) is 151 cm³/mol. The summed E-state index contributed by atoms with van der Waals surface area (Å²) in [6.07, 6.45) is 0.351. The smallest absolute Gasteiger partial charge is 0.478 e. The largest absolute Gasteiger partial charge is 0.530 e. The van der Waals surface area contributed by atoms with Crippen molar-refractivity contribution in [1.82, 2.24) is 0 Å². The van der Waals surface area contributed by atoms with Gasteiger partial charge in [0.2, 0.25) is 0 Å². The van der Waals surface area contributed by atoms with Crippen molar-refractivity contribution in [2.75, 3.05) is 0 Å². The lowest BCUT2D eigenvalue weighted by atomic mass is 9.95. The summed E-state index contributed by atoms with van der Waals surface area (Å²) in [5.74, 6) is -1.24. The van der Waals surface area contributed by atoms with E-state index in [0.717, 1.165) is 22.1 Å². The molecule has 5 aromatic rings. The minimum absolute atomic E-state index is 0.0447. The Hall–Kier alpha value is -4.22. The van der Waals surface area contributed by atoms with Crippen molar-refractivity contribution in [3.05, 3.63) is 149 Å². The Morgan fingerprint density at radius 2 is 1.15 bits per heavy atom. The van der Waals surface area contributed by atoms with Crippen LogP contribution < -0.4 is 4.52 Å². The monoisotopic (exact) mass is 538 g/mol. The molecule has 39 heavy (non-hydrogen) atoms. The minimum atomic E-state index is -4.31. The van der Waals surface area contributed by atoms with E-state index in [1.165, 1.54) is 0 Å². The quantitative estimate of drug-likeness (QED) is 0.171. The number of hydrogen-bond acceptors (Lipinski definition) is 5. The molecule has 6 nitrogen and oxygen atoms in total. The molecule has 0 radical (unpaired) electrons. The second-order valence-electron chi connectivity index (χ2n) is 8.99. The van der Waals surface area contributed by atoms with Gasteiger partial charge in [-0.2, -0.15) is 0 Å². The van der Waals surface area contributed by atoms with Crippen molar-refractivity contribution in [3.8, 4) is 5.75 Å². The average Bonchev–Trinajstić information content (AvgIpc) is 2.97. The molecule has 0 saturated heterocycles. The van der Waals surface area contributed by atoms with Crippen molar-refractivity contribution in [3.63, 3.8) is 0 Å². The molecular weight excluding hydrogens is 511 g/mol. The number of benzene rings is 5. The average molecular weight is 539 g/mol. The predicted octanol–water partition coefficient (Wildman–Crippen LogP) is 8.05. The van der Waals surface area contributed by atoms with Crippen LogP contribution >= 0.6 is 7.82 Å². The summed E-state index contributed by atoms with van der Waals surface area (Å²) in [4.78, 5) is 12.7. The summed E-state index contributed by atoms with van der Waals surface area (Å²) in [5.41, 5.74) is 2.92. The first-order valence-corrected chi connectivity index (χ1v) is 14.0. The molecule has 5 rings (SSSR count). The fourth-order valence-corrected chi connectivity index (χ4v) is 5.52. The van der Waals surface area contributed by atoms with Crippen LogP contribution in [0.25, 0.3) is 10.8 Å². The molecule has 0 heterocycles. The number of fused-ring (bicyclic) bond motifs is 1. The molecule has 0 unspecified atom stereocenters. The number of phosphoric ester groups is 1. The van der Waals surface area contributed by atoms with E-state index in [9.17, 15) is 14.5 Å². The summed E-state index contributed by atoms with van der Waals surface area (Å²) < 4.78 is 31.8. The van der Waals surface area contributed by atoms with E-state index in [1.807, 2.05) is 109 Å². The Bertz CT molecular complexity index is 1560. The second-order valence-corrected chi connectivity index (χ2v) is 10.6. The molecule has 0 spiro atoms. The van der Waals surface area contributed by atoms with Gasteiger partial charge >= 0.3 is 13.8 Å². The standard InChI is InChI=1S/C32H27O6P/c33-32(34)30-28(20-24-12-4-1-5-13-24)21-27-18-10-11-19-29(27)31(30)38-39(35,36-22-25-14-6-2-7-15-25)37-23-26-16-8-3-9-17-26/h1-19,21H,20,22-23H2,(H,33,34). The molecule has 196 valence electrons. The maximum atomic E-state index is 14.2. The number of carboxylic acids is 1. The van der Waals surface area contributed by atoms with Crippen LogP contribution in [0.3, 0.4) is 0 Å². The van der Waals surface area contributed by atoms with Gasteiger partial charge in [0, 0.05) is 5.39 Å². The normalized spacial score (nSPS) is 11.4. The Kier molecular flexibility index (Phi) is 8.18. The van der Waals surface area contributed by atoms with Crippen LogP contribution in [0.5, 0.6) is 5.75 Å². The zero-order valence-corrected chi connectivity index (χ0v) is 22.0. The first kappa shape index (κ1) is 26.4. The number of phosphoric acid groups is 1. The van der Waals surface area contributed by atoms with Gasteiger partial charge in [0.15, 0.2) is 5.75 Å². The van der Waals surface area contributed by atoms with Gasteiger partial charge in [0.1, 0.15) is 5.56 Å². The molecule has 7 heteroatoms. The first-order chi connectivity index (χ1) is 19.0. The summed E-state index contributed by atoms with van der Waals surface area (Å²) in [6, 6.07) is 37.1. The number of hydrogen-bond donors (Lipinski definition) is 1. The van der Waals surface area contributed by atoms with Crippen molar-refractivity contribution in [1.29, 1.82) is 0 Å². The summed E-state index contributed by atoms with van der Waals surface area (Å²) >= 11 is 0. The zero-order chi connectivity index (χ0) is 27.1. The van der Waals surface area contributed by atoms with E-state index in [4.69, 9.17) is 13.6 Å². The van der Waals surface area contributed by atoms with Crippen LogP contribution in [0.1, 0.15) is 32.6 Å². The van der Waals surface area contributed by atoms with Crippen LogP contribution in [0.2, 0.25) is 0 Å². The minimum Gasteiger partial charge on any atom is -0.478 e. The molecule has 5 aromatic carbocycles. The van der Waals surface area contributed by atoms with Crippen LogP contribution in [-0.4, -0.2) is 11.1 Å². The van der Waals surface area contributed by atoms with Gasteiger partial charge in [0.05, 0.1) is 13.2 Å². The first-order valence-electron chi connectivity index (χ1n) is 12.5. The molecule has 0 amide bonds. The van der Waals surface area contributed by atoms with Gasteiger partial charge in [0.25, 0.3) is 0 Å². The fraction of sp³-hybridized carbons (Fsp3) is 0.0938. The van der Waals surface area contributed by atoms with E-state index < -0.39 is 13.8 Å². The van der Waals surface area contributed by atoms with Crippen molar-refractivity contribution >= 4 is 24.6 Å². The van der Waals surface area contributed by atoms with Crippen molar-refractivity contribution in [2.45, 2.75) is 19.6 Å². The highest BCUT2D eigenvalue weighted by Crippen LogP contribution is 2.53. The Labute approximate surface area is 227 Å². The fourth-order valence-electron chi connectivity index (χ4n) is 4.31. The lowest BCUT2D eigenvalue weighted by Gasteiger charge is -2.22. The molecule has 0 aliphatic carbocycles. The Morgan fingerprint density at radius 1 is 0.667 bits per heavy atom. The summed E-state index contributed by atoms with van der Waals surface area (Å²) in [5, 5.41) is 11.6. The third-order valence-electron chi connectivity index (χ3n) is 6.20. The molecule has 0 aliphatic heterocycles. The topological polar surface area (TPSA) is 82.1 Å². The van der Waals surface area contributed by atoms with Gasteiger partial charge in [-0.3, -0.25) is 9.05 Å². The zero-order valence-electron chi connectivity index (χ0n) is 21.1. The third-order valence-corrected chi connectivity index (χ3v) is 7.50. The number of rotatable bonds is 11. The molecular formula is C32H27O6P. The molecule has 0 fully saturated rings. The molecule has 0 bridgehead atoms. The van der Waals surface area contributed by atoms with Crippen molar-refractivity contribution < 1.29 is 28.0 Å². The highest BCUT2D eigenvalue weighted by atomic mass is 31.2. The second kappa shape index (κ2) is 12.1. The van der Waals surface area contributed by atoms with E-state index >= 15 is 0 Å². The summed E-state index contributed by atoms with van der Waals surface area (Å²) in [6.45, 7) is -0.0894. The highest BCUT2D eigenvalue weighted by Gasteiger charge is 2.33. The van der Waals surface area contributed by atoms with Crippen LogP contribution in [0.4, 0.5) is 0 Å². The van der Waals surface area contributed by atoms with E-state index in [1.54, 1.807) is 12.1 Å². The Morgan fingerprint density at radius 3 is 1.69 bits per heavy atom. The molecule has 0 saturated carbocycles. The number of carboxylic acid groups (broad SMARTS) is 1. The van der Waals surface area contributed by atoms with Crippen LogP contribution in [0.15, 0.2) is 121 Å². The number of aromatic carboxylic acids is 1. The van der Waals surface area contributed by atoms with Gasteiger partial charge in [-0.15, -0.1) is 0 Å². The van der Waals surface area contributed by atoms with Gasteiger partial charge < -0.3 is 9.63 Å². The molecule has 0 aliphatic rings. The van der Waals surface area contributed by atoms with Gasteiger partial charge in [-0.1, -0.05) is 115 Å². The van der Waals surface area contributed by atoms with E-state index in [-0.39, 0.29) is 24.5 Å². The van der Waals surface area contributed by atoms with Gasteiger partial charge in [-0.05, 0) is 40.1 Å². The van der Waals surface area contributed by atoms with E-state index in [2.05, 4.69) is 0 Å². The maximum Gasteiger partial charge on any atom is 0.530 e. The Balaban J connectivity index is 1.57. The molecule has 1 N–H and O–H groups in total. The summed E-state index contributed by atoms with van der Waals surface area (Å²) in [7, 11) is -4.31. The maximum absolute atomic E-state index is 14.2. The number of carbonyl (C=O) groups is 1. The molecule has 0 aromatic heterocycles. The van der Waals surface area contributed by atoms with Crippen LogP contribution in [-0.2, 0) is 33.2 Å².